The van der Waals surface area contributed by atoms with Crippen molar-refractivity contribution in [2.45, 2.75) is 19.8 Å². The molecule has 0 unspecified atom stereocenters. The minimum absolute atomic E-state index is 0.0153. The molecule has 0 radical (unpaired) electrons. The van der Waals surface area contributed by atoms with Crippen molar-refractivity contribution >= 4 is 5.69 Å². The third kappa shape index (κ3) is 2.09. The summed E-state index contributed by atoms with van der Waals surface area (Å²) in [7, 11) is 1.52. The molecule has 0 aliphatic rings. The lowest BCUT2D eigenvalue weighted by Crippen LogP contribution is -2.22. The highest BCUT2D eigenvalue weighted by molar-refractivity contribution is 5.46. The lowest BCUT2D eigenvalue weighted by Gasteiger charge is -2.10. The van der Waals surface area contributed by atoms with Gasteiger partial charge in [0.05, 0.1) is 5.69 Å². The molecule has 108 valence electrons. The van der Waals surface area contributed by atoms with Crippen molar-refractivity contribution in [1.29, 1.82) is 0 Å². The maximum Gasteiger partial charge on any atom is 0.294 e. The number of nitrogen functional groups attached to an aromatic ring is 1. The smallest absolute Gasteiger partial charge is 0.294 e. The Morgan fingerprint density at radius 3 is 2.35 bits per heavy atom. The fourth-order valence-electron chi connectivity index (χ4n) is 2.15. The molecular weight excluding hydrogens is 271 g/mol. The Morgan fingerprint density at radius 2 is 1.75 bits per heavy atom. The third-order valence-electron chi connectivity index (χ3n) is 3.13. The molecule has 0 bridgehead atoms. The molecule has 0 spiro atoms. The van der Waals surface area contributed by atoms with Gasteiger partial charge >= 0.3 is 0 Å². The molecule has 2 rings (SSSR count). The summed E-state index contributed by atoms with van der Waals surface area (Å²) < 4.78 is 42.3. The van der Waals surface area contributed by atoms with Crippen molar-refractivity contribution < 1.29 is 13.2 Å². The Hall–Kier alpha value is -2.18. The average Bonchev–Trinajstić information content (AvgIpc) is 2.59. The summed E-state index contributed by atoms with van der Waals surface area (Å²) in [5.41, 5.74) is 5.19. The van der Waals surface area contributed by atoms with E-state index in [2.05, 4.69) is 0 Å². The molecule has 0 saturated carbocycles. The van der Waals surface area contributed by atoms with Gasteiger partial charge in [0.1, 0.15) is 11.4 Å². The molecule has 4 nitrogen and oxygen atoms in total. The van der Waals surface area contributed by atoms with Gasteiger partial charge in [0, 0.05) is 19.2 Å². The predicted molar refractivity (Wildman–Crippen MR) is 69.3 cm³/mol. The summed E-state index contributed by atoms with van der Waals surface area (Å²) in [6, 6.07) is 1.04. The third-order valence-corrected chi connectivity index (χ3v) is 3.13. The highest BCUT2D eigenvalue weighted by Crippen LogP contribution is 2.19. The second-order valence-corrected chi connectivity index (χ2v) is 4.47. The zero-order valence-electron chi connectivity index (χ0n) is 11.1. The molecule has 1 aromatic carbocycles. The van der Waals surface area contributed by atoms with Crippen LogP contribution in [-0.4, -0.2) is 9.36 Å². The van der Waals surface area contributed by atoms with Crippen molar-refractivity contribution in [2.75, 3.05) is 5.73 Å². The largest absolute Gasteiger partial charge is 0.393 e. The Labute approximate surface area is 113 Å². The first kappa shape index (κ1) is 14.2. The minimum Gasteiger partial charge on any atom is -0.393 e. The average molecular weight is 285 g/mol. The molecule has 0 saturated heterocycles. The van der Waals surface area contributed by atoms with Crippen LogP contribution in [0, 0.1) is 17.5 Å². The number of hydrogen-bond donors (Lipinski definition) is 1. The van der Waals surface area contributed by atoms with Crippen LogP contribution in [0.25, 0.3) is 5.69 Å². The molecule has 0 atom stereocenters. The molecule has 2 aromatic rings. The Morgan fingerprint density at radius 1 is 1.15 bits per heavy atom. The van der Waals surface area contributed by atoms with Crippen LogP contribution in [0.4, 0.5) is 18.9 Å². The van der Waals surface area contributed by atoms with E-state index in [-0.39, 0.29) is 11.4 Å². The maximum absolute atomic E-state index is 13.8. The predicted octanol–water partition coefficient (Wildman–Crippen LogP) is 2.13. The number of rotatable bonds is 3. The molecule has 0 aliphatic carbocycles. The van der Waals surface area contributed by atoms with Crippen LogP contribution in [-0.2, 0) is 13.5 Å². The van der Waals surface area contributed by atoms with E-state index >= 15 is 0 Å². The number of nitrogens with two attached hydrogens (primary N) is 1. The van der Waals surface area contributed by atoms with Crippen LogP contribution in [0.1, 0.15) is 19.0 Å². The van der Waals surface area contributed by atoms with Gasteiger partial charge in [-0.25, -0.2) is 17.9 Å². The molecule has 20 heavy (non-hydrogen) atoms. The number of aromatic nitrogens is 2. The van der Waals surface area contributed by atoms with Crippen molar-refractivity contribution in [3.63, 3.8) is 0 Å². The maximum atomic E-state index is 13.8. The van der Waals surface area contributed by atoms with Crippen molar-refractivity contribution in [3.05, 3.63) is 45.6 Å². The van der Waals surface area contributed by atoms with Crippen LogP contribution in [0.15, 0.2) is 16.9 Å². The van der Waals surface area contributed by atoms with E-state index in [0.717, 1.165) is 11.1 Å². The molecule has 0 aliphatic heterocycles. The lowest BCUT2D eigenvalue weighted by atomic mass is 10.2. The van der Waals surface area contributed by atoms with E-state index in [1.165, 1.54) is 11.7 Å². The molecule has 2 N–H and O–H groups in total. The quantitative estimate of drug-likeness (QED) is 0.878. The van der Waals surface area contributed by atoms with E-state index in [1.807, 2.05) is 6.92 Å². The Bertz CT molecular complexity index is 719. The number of benzene rings is 1. The van der Waals surface area contributed by atoms with Gasteiger partial charge in [-0.05, 0) is 6.42 Å². The summed E-state index contributed by atoms with van der Waals surface area (Å²) in [6.07, 6.45) is 1.26. The Balaban J connectivity index is 2.74. The first-order valence-electron chi connectivity index (χ1n) is 6.09. The van der Waals surface area contributed by atoms with E-state index in [0.29, 0.717) is 24.2 Å². The van der Waals surface area contributed by atoms with Gasteiger partial charge in [0.25, 0.3) is 5.56 Å². The van der Waals surface area contributed by atoms with Gasteiger partial charge in [-0.3, -0.25) is 9.48 Å². The minimum atomic E-state index is -1.31. The van der Waals surface area contributed by atoms with Gasteiger partial charge in [-0.2, -0.15) is 0 Å². The number of nitrogens with zero attached hydrogens (tertiary/aromatic N) is 2. The summed E-state index contributed by atoms with van der Waals surface area (Å²) in [6.45, 7) is 1.90. The van der Waals surface area contributed by atoms with Gasteiger partial charge in [-0.15, -0.1) is 0 Å². The second kappa shape index (κ2) is 5.07. The number of hydrogen-bond acceptors (Lipinski definition) is 2. The summed E-state index contributed by atoms with van der Waals surface area (Å²) in [5.74, 6) is -3.57. The number of anilines is 1. The zero-order valence-corrected chi connectivity index (χ0v) is 11.1. The van der Waals surface area contributed by atoms with Gasteiger partial charge < -0.3 is 5.73 Å². The van der Waals surface area contributed by atoms with Gasteiger partial charge in [-0.1, -0.05) is 13.3 Å². The molecule has 0 fully saturated rings. The normalized spacial score (nSPS) is 11.1. The van der Waals surface area contributed by atoms with E-state index < -0.39 is 23.0 Å². The monoisotopic (exact) mass is 285 g/mol. The highest BCUT2D eigenvalue weighted by Gasteiger charge is 2.20. The van der Waals surface area contributed by atoms with Crippen LogP contribution < -0.4 is 11.3 Å². The van der Waals surface area contributed by atoms with E-state index in [1.54, 1.807) is 0 Å². The van der Waals surface area contributed by atoms with Crippen molar-refractivity contribution in [2.24, 2.45) is 7.05 Å². The first-order valence-corrected chi connectivity index (χ1v) is 6.09. The first-order chi connectivity index (χ1) is 9.38. The molecular formula is C13H14F3N3O. The fraction of sp³-hybridized carbons (Fsp3) is 0.308. The summed E-state index contributed by atoms with van der Waals surface area (Å²) in [4.78, 5) is 12.1. The van der Waals surface area contributed by atoms with Crippen LogP contribution >= 0.6 is 0 Å². The van der Waals surface area contributed by atoms with Crippen molar-refractivity contribution in [1.82, 2.24) is 9.36 Å². The SMILES string of the molecule is CCCc1c(N)c(=O)n(-c2cc(F)c(F)cc2F)n1C. The standard InChI is InChI=1S/C13H14F3N3O/c1-3-4-10-12(17)13(20)19(18(10)2)11-6-8(15)7(14)5-9(11)16/h5-6H,3-4,17H2,1-2H3. The second-order valence-electron chi connectivity index (χ2n) is 4.47. The number of halogens is 3. The molecule has 1 heterocycles. The van der Waals surface area contributed by atoms with E-state index in [9.17, 15) is 18.0 Å². The molecule has 0 amide bonds. The molecule has 1 aromatic heterocycles. The topological polar surface area (TPSA) is 53.0 Å². The zero-order chi connectivity index (χ0) is 15.0. The fourth-order valence-corrected chi connectivity index (χ4v) is 2.15. The van der Waals surface area contributed by atoms with Crippen molar-refractivity contribution in [3.8, 4) is 5.69 Å². The Kier molecular flexibility index (Phi) is 3.61. The molecule has 7 heteroatoms. The summed E-state index contributed by atoms with van der Waals surface area (Å²) >= 11 is 0. The van der Waals surface area contributed by atoms with Gasteiger partial charge in [0.15, 0.2) is 17.5 Å². The highest BCUT2D eigenvalue weighted by atomic mass is 19.2. The van der Waals surface area contributed by atoms with Crippen LogP contribution in [0.5, 0.6) is 0 Å². The lowest BCUT2D eigenvalue weighted by molar-refractivity contribution is 0.485. The summed E-state index contributed by atoms with van der Waals surface area (Å²) in [5, 5.41) is 0. The van der Waals surface area contributed by atoms with Crippen LogP contribution in [0.2, 0.25) is 0 Å². The van der Waals surface area contributed by atoms with Crippen LogP contribution in [0.3, 0.4) is 0 Å². The van der Waals surface area contributed by atoms with E-state index in [4.69, 9.17) is 5.73 Å². The van der Waals surface area contributed by atoms with Gasteiger partial charge in [0.2, 0.25) is 0 Å².